The molecule has 0 saturated heterocycles. The van der Waals surface area contributed by atoms with Crippen molar-refractivity contribution in [3.05, 3.63) is 23.8 Å². The van der Waals surface area contributed by atoms with E-state index in [2.05, 4.69) is 5.32 Å². The third-order valence-corrected chi connectivity index (χ3v) is 2.71. The van der Waals surface area contributed by atoms with Gasteiger partial charge in [-0.25, -0.2) is 0 Å². The second kappa shape index (κ2) is 7.14. The van der Waals surface area contributed by atoms with E-state index < -0.39 is 0 Å². The van der Waals surface area contributed by atoms with Crippen LogP contribution >= 0.6 is 0 Å². The molecule has 1 aromatic carbocycles. The van der Waals surface area contributed by atoms with Gasteiger partial charge in [0.15, 0.2) is 11.5 Å². The molecule has 0 aliphatic carbocycles. The number of methoxy groups -OCH3 is 3. The third kappa shape index (κ3) is 3.91. The highest BCUT2D eigenvalue weighted by Crippen LogP contribution is 2.27. The molecule has 4 heteroatoms. The zero-order valence-corrected chi connectivity index (χ0v) is 10.9. The normalized spacial score (nSPS) is 12.2. The van der Waals surface area contributed by atoms with Crippen LogP contribution in [-0.4, -0.2) is 41.0 Å². The molecule has 0 fully saturated rings. The zero-order valence-electron chi connectivity index (χ0n) is 10.9. The van der Waals surface area contributed by atoms with Crippen molar-refractivity contribution in [2.45, 2.75) is 12.5 Å². The highest BCUT2D eigenvalue weighted by molar-refractivity contribution is 5.43. The van der Waals surface area contributed by atoms with Gasteiger partial charge in [0.1, 0.15) is 0 Å². The van der Waals surface area contributed by atoms with Gasteiger partial charge < -0.3 is 19.5 Å². The monoisotopic (exact) mass is 239 g/mol. The number of rotatable bonds is 7. The molecule has 0 saturated carbocycles. The van der Waals surface area contributed by atoms with Gasteiger partial charge >= 0.3 is 0 Å². The van der Waals surface area contributed by atoms with E-state index in [1.165, 1.54) is 5.56 Å². The standard InChI is InChI=1S/C13H21NO3/c1-14-11(9-15-2)7-10-5-6-12(16-3)13(8-10)17-4/h5-6,8,11,14H,7,9H2,1-4H3. The molecule has 0 heterocycles. The van der Waals surface area contributed by atoms with Crippen LogP contribution in [0.15, 0.2) is 18.2 Å². The summed E-state index contributed by atoms with van der Waals surface area (Å²) >= 11 is 0. The summed E-state index contributed by atoms with van der Waals surface area (Å²) in [5, 5.41) is 3.22. The highest BCUT2D eigenvalue weighted by Gasteiger charge is 2.09. The van der Waals surface area contributed by atoms with Crippen molar-refractivity contribution in [2.75, 3.05) is 35.0 Å². The van der Waals surface area contributed by atoms with Gasteiger partial charge in [-0.05, 0) is 31.2 Å². The molecule has 0 amide bonds. The number of hydrogen-bond acceptors (Lipinski definition) is 4. The minimum absolute atomic E-state index is 0.304. The molecular weight excluding hydrogens is 218 g/mol. The Hall–Kier alpha value is -1.26. The quantitative estimate of drug-likeness (QED) is 0.782. The fraction of sp³-hybridized carbons (Fsp3) is 0.538. The fourth-order valence-electron chi connectivity index (χ4n) is 1.74. The molecule has 0 radical (unpaired) electrons. The molecule has 1 N–H and O–H groups in total. The lowest BCUT2D eigenvalue weighted by Gasteiger charge is -2.16. The van der Waals surface area contributed by atoms with Gasteiger partial charge in [0.2, 0.25) is 0 Å². The van der Waals surface area contributed by atoms with Gasteiger partial charge in [0.05, 0.1) is 20.8 Å². The van der Waals surface area contributed by atoms with Crippen LogP contribution in [-0.2, 0) is 11.2 Å². The molecule has 1 rings (SSSR count). The van der Waals surface area contributed by atoms with E-state index in [0.717, 1.165) is 17.9 Å². The molecule has 0 aromatic heterocycles. The summed E-state index contributed by atoms with van der Waals surface area (Å²) in [5.74, 6) is 1.52. The Labute approximate surface area is 103 Å². The minimum Gasteiger partial charge on any atom is -0.493 e. The van der Waals surface area contributed by atoms with Crippen LogP contribution in [0.4, 0.5) is 0 Å². The molecular formula is C13H21NO3. The smallest absolute Gasteiger partial charge is 0.160 e. The lowest BCUT2D eigenvalue weighted by Crippen LogP contribution is -2.32. The summed E-state index contributed by atoms with van der Waals surface area (Å²) in [7, 11) is 6.93. The first-order valence-corrected chi connectivity index (χ1v) is 5.62. The summed E-state index contributed by atoms with van der Waals surface area (Å²) in [6, 6.07) is 6.27. The Morgan fingerprint density at radius 2 is 1.82 bits per heavy atom. The summed E-state index contributed by atoms with van der Waals surface area (Å²) < 4.78 is 15.6. The van der Waals surface area contributed by atoms with E-state index in [0.29, 0.717) is 12.6 Å². The van der Waals surface area contributed by atoms with Crippen LogP contribution in [0.1, 0.15) is 5.56 Å². The predicted octanol–water partition coefficient (Wildman–Crippen LogP) is 1.48. The van der Waals surface area contributed by atoms with Crippen LogP contribution < -0.4 is 14.8 Å². The average molecular weight is 239 g/mol. The van der Waals surface area contributed by atoms with E-state index in [4.69, 9.17) is 14.2 Å². The second-order valence-corrected chi connectivity index (χ2v) is 3.83. The van der Waals surface area contributed by atoms with Crippen LogP contribution in [0.25, 0.3) is 0 Å². The van der Waals surface area contributed by atoms with Crippen molar-refractivity contribution in [1.29, 1.82) is 0 Å². The van der Waals surface area contributed by atoms with E-state index in [-0.39, 0.29) is 0 Å². The van der Waals surface area contributed by atoms with Crippen molar-refractivity contribution in [3.63, 3.8) is 0 Å². The molecule has 1 unspecified atom stereocenters. The lowest BCUT2D eigenvalue weighted by molar-refractivity contribution is 0.169. The highest BCUT2D eigenvalue weighted by atomic mass is 16.5. The number of hydrogen-bond donors (Lipinski definition) is 1. The Kier molecular flexibility index (Phi) is 5.80. The van der Waals surface area contributed by atoms with Crippen LogP contribution in [0, 0.1) is 0 Å². The summed E-state index contributed by atoms with van der Waals surface area (Å²) in [6.07, 6.45) is 0.894. The van der Waals surface area contributed by atoms with E-state index >= 15 is 0 Å². The van der Waals surface area contributed by atoms with Crippen molar-refractivity contribution < 1.29 is 14.2 Å². The Morgan fingerprint density at radius 1 is 1.12 bits per heavy atom. The SMILES string of the molecule is CNC(COC)Cc1ccc(OC)c(OC)c1. The topological polar surface area (TPSA) is 39.7 Å². The lowest BCUT2D eigenvalue weighted by atomic mass is 10.1. The van der Waals surface area contributed by atoms with Crippen LogP contribution in [0.2, 0.25) is 0 Å². The van der Waals surface area contributed by atoms with Gasteiger partial charge in [-0.15, -0.1) is 0 Å². The molecule has 1 atom stereocenters. The number of ether oxygens (including phenoxy) is 3. The molecule has 17 heavy (non-hydrogen) atoms. The first-order valence-electron chi connectivity index (χ1n) is 5.62. The third-order valence-electron chi connectivity index (χ3n) is 2.71. The van der Waals surface area contributed by atoms with Crippen molar-refractivity contribution in [3.8, 4) is 11.5 Å². The number of likely N-dealkylation sites (N-methyl/N-ethyl adjacent to an activating group) is 1. The van der Waals surface area contributed by atoms with Gasteiger partial charge in [-0.3, -0.25) is 0 Å². The molecule has 0 aliphatic rings. The molecule has 4 nitrogen and oxygen atoms in total. The Bertz CT molecular complexity index is 341. The minimum atomic E-state index is 0.304. The summed E-state index contributed by atoms with van der Waals surface area (Å²) in [6.45, 7) is 0.685. The number of benzene rings is 1. The Morgan fingerprint density at radius 3 is 2.35 bits per heavy atom. The number of nitrogens with one attached hydrogen (secondary N) is 1. The molecule has 96 valence electrons. The molecule has 0 spiro atoms. The van der Waals surface area contributed by atoms with Gasteiger partial charge in [-0.2, -0.15) is 0 Å². The van der Waals surface area contributed by atoms with Crippen molar-refractivity contribution in [2.24, 2.45) is 0 Å². The van der Waals surface area contributed by atoms with E-state index in [9.17, 15) is 0 Å². The predicted molar refractivity (Wildman–Crippen MR) is 68.0 cm³/mol. The van der Waals surface area contributed by atoms with Gasteiger partial charge in [-0.1, -0.05) is 6.07 Å². The van der Waals surface area contributed by atoms with Crippen molar-refractivity contribution in [1.82, 2.24) is 5.32 Å². The second-order valence-electron chi connectivity index (χ2n) is 3.83. The molecule has 0 bridgehead atoms. The largest absolute Gasteiger partial charge is 0.493 e. The first-order chi connectivity index (χ1) is 8.24. The van der Waals surface area contributed by atoms with Crippen molar-refractivity contribution >= 4 is 0 Å². The average Bonchev–Trinajstić information content (AvgIpc) is 2.38. The maximum Gasteiger partial charge on any atom is 0.160 e. The Balaban J connectivity index is 2.77. The zero-order chi connectivity index (χ0) is 12.7. The van der Waals surface area contributed by atoms with E-state index in [1.807, 2.05) is 25.2 Å². The van der Waals surface area contributed by atoms with E-state index in [1.54, 1.807) is 21.3 Å². The van der Waals surface area contributed by atoms with Crippen LogP contribution in [0.5, 0.6) is 11.5 Å². The molecule has 0 aliphatic heterocycles. The maximum atomic E-state index is 5.28. The maximum absolute atomic E-state index is 5.28. The fourth-order valence-corrected chi connectivity index (χ4v) is 1.74. The molecule has 1 aromatic rings. The van der Waals surface area contributed by atoms with Gasteiger partial charge in [0, 0.05) is 13.2 Å². The summed E-state index contributed by atoms with van der Waals surface area (Å²) in [4.78, 5) is 0. The van der Waals surface area contributed by atoms with Crippen LogP contribution in [0.3, 0.4) is 0 Å². The van der Waals surface area contributed by atoms with Gasteiger partial charge in [0.25, 0.3) is 0 Å². The first kappa shape index (κ1) is 13.8. The summed E-state index contributed by atoms with van der Waals surface area (Å²) in [5.41, 5.74) is 1.19.